The molecule has 1 N–H and O–H groups in total. The van der Waals surface area contributed by atoms with E-state index in [1.165, 1.54) is 6.42 Å². The fourth-order valence-electron chi connectivity index (χ4n) is 3.71. The number of nitrogens with zero attached hydrogens (tertiary/aromatic N) is 2. The smallest absolute Gasteiger partial charge is 0.257 e. The van der Waals surface area contributed by atoms with Crippen molar-refractivity contribution in [1.29, 1.82) is 0 Å². The van der Waals surface area contributed by atoms with Gasteiger partial charge in [-0.3, -0.25) is 9.69 Å². The van der Waals surface area contributed by atoms with Crippen LogP contribution in [0.2, 0.25) is 0 Å². The number of carbonyl (C=O) groups excluding carboxylic acids is 1. The van der Waals surface area contributed by atoms with Gasteiger partial charge in [-0.1, -0.05) is 13.0 Å². The number of likely N-dealkylation sites (N-methyl/N-ethyl adjacent to an activating group) is 1. The van der Waals surface area contributed by atoms with Gasteiger partial charge in [-0.15, -0.1) is 0 Å². The summed E-state index contributed by atoms with van der Waals surface area (Å²) in [5.41, 5.74) is 1.14. The summed E-state index contributed by atoms with van der Waals surface area (Å²) in [6, 6.07) is 8.91. The Labute approximate surface area is 149 Å². The molecule has 1 aromatic carbocycles. The number of amides is 1. The van der Waals surface area contributed by atoms with Crippen LogP contribution in [-0.4, -0.2) is 47.7 Å². The van der Waals surface area contributed by atoms with Gasteiger partial charge in [0, 0.05) is 30.2 Å². The third-order valence-corrected chi connectivity index (χ3v) is 5.08. The Morgan fingerprint density at radius 1 is 1.36 bits per heavy atom. The maximum Gasteiger partial charge on any atom is 0.257 e. The fraction of sp³-hybridized carbons (Fsp3) is 0.550. The number of nitrogens with one attached hydrogen (secondary N) is 1. The van der Waals surface area contributed by atoms with E-state index in [0.29, 0.717) is 18.6 Å². The van der Waals surface area contributed by atoms with Gasteiger partial charge >= 0.3 is 0 Å². The van der Waals surface area contributed by atoms with E-state index >= 15 is 0 Å². The lowest BCUT2D eigenvalue weighted by Crippen LogP contribution is -2.41. The summed E-state index contributed by atoms with van der Waals surface area (Å²) < 4.78 is 8.01. The first-order chi connectivity index (χ1) is 12.1. The molecule has 3 rings (SSSR count). The molecule has 0 radical (unpaired) electrons. The van der Waals surface area contributed by atoms with Crippen molar-refractivity contribution in [2.45, 2.75) is 45.7 Å². The van der Waals surface area contributed by atoms with Crippen molar-refractivity contribution < 1.29 is 9.53 Å². The number of ether oxygens (including phenoxy) is 1. The molecule has 2 aromatic rings. The van der Waals surface area contributed by atoms with E-state index < -0.39 is 0 Å². The zero-order chi connectivity index (χ0) is 17.8. The van der Waals surface area contributed by atoms with Crippen molar-refractivity contribution in [3.8, 4) is 5.75 Å². The molecule has 0 bridgehead atoms. The molecule has 1 amide bonds. The molecule has 1 fully saturated rings. The SMILES string of the molecule is CCN1CCC[C@@H]1CNC(=O)COc1cccc2c1ccn2C(C)C. The fourth-order valence-corrected chi connectivity index (χ4v) is 3.71. The van der Waals surface area contributed by atoms with Crippen LogP contribution in [0.1, 0.15) is 39.7 Å². The summed E-state index contributed by atoms with van der Waals surface area (Å²) in [5.74, 6) is 0.714. The lowest BCUT2D eigenvalue weighted by atomic mass is 10.2. The van der Waals surface area contributed by atoms with Gasteiger partial charge in [-0.05, 0) is 58.0 Å². The van der Waals surface area contributed by atoms with E-state index in [4.69, 9.17) is 4.74 Å². The molecule has 0 aliphatic carbocycles. The van der Waals surface area contributed by atoms with Crippen LogP contribution in [0.4, 0.5) is 0 Å². The van der Waals surface area contributed by atoms with Gasteiger partial charge in [0.2, 0.25) is 0 Å². The minimum Gasteiger partial charge on any atom is -0.483 e. The third-order valence-electron chi connectivity index (χ3n) is 5.08. The van der Waals surface area contributed by atoms with Gasteiger partial charge in [0.05, 0.1) is 5.52 Å². The first kappa shape index (κ1) is 17.8. The Hall–Kier alpha value is -2.01. The molecule has 5 nitrogen and oxygen atoms in total. The van der Waals surface area contributed by atoms with Crippen LogP contribution in [0.25, 0.3) is 10.9 Å². The molecule has 25 heavy (non-hydrogen) atoms. The molecule has 0 saturated carbocycles. The largest absolute Gasteiger partial charge is 0.483 e. The summed E-state index contributed by atoms with van der Waals surface area (Å²) in [5, 5.41) is 4.07. The van der Waals surface area contributed by atoms with Crippen LogP contribution in [0.5, 0.6) is 5.75 Å². The topological polar surface area (TPSA) is 46.5 Å². The van der Waals surface area contributed by atoms with Crippen LogP contribution >= 0.6 is 0 Å². The molecule has 136 valence electrons. The number of carbonyl (C=O) groups is 1. The maximum absolute atomic E-state index is 12.2. The van der Waals surface area contributed by atoms with Crippen molar-refractivity contribution in [2.75, 3.05) is 26.2 Å². The Balaban J connectivity index is 1.56. The van der Waals surface area contributed by atoms with Crippen LogP contribution in [0, 0.1) is 0 Å². The number of benzene rings is 1. The highest BCUT2D eigenvalue weighted by molar-refractivity contribution is 5.87. The normalized spacial score (nSPS) is 18.2. The second-order valence-corrected chi connectivity index (χ2v) is 7.02. The number of hydrogen-bond acceptors (Lipinski definition) is 3. The monoisotopic (exact) mass is 343 g/mol. The highest BCUT2D eigenvalue weighted by atomic mass is 16.5. The molecule has 1 atom stereocenters. The second-order valence-electron chi connectivity index (χ2n) is 7.02. The highest BCUT2D eigenvalue weighted by Crippen LogP contribution is 2.28. The standard InChI is InChI=1S/C20H29N3O2/c1-4-22-11-6-7-16(22)13-21-20(24)14-25-19-9-5-8-18-17(19)10-12-23(18)15(2)3/h5,8-10,12,15-16H,4,6-7,11,13-14H2,1-3H3,(H,21,24)/t16-/m1/s1. The van der Waals surface area contributed by atoms with Gasteiger partial charge in [-0.25, -0.2) is 0 Å². The van der Waals surface area contributed by atoms with E-state index in [1.807, 2.05) is 12.1 Å². The zero-order valence-electron chi connectivity index (χ0n) is 15.5. The Morgan fingerprint density at radius 3 is 2.96 bits per heavy atom. The molecule has 1 aliphatic rings. The number of hydrogen-bond donors (Lipinski definition) is 1. The van der Waals surface area contributed by atoms with Crippen molar-refractivity contribution >= 4 is 16.8 Å². The summed E-state index contributed by atoms with van der Waals surface area (Å²) in [4.78, 5) is 14.6. The maximum atomic E-state index is 12.2. The van der Waals surface area contributed by atoms with Gasteiger partial charge in [0.1, 0.15) is 5.75 Å². The highest BCUT2D eigenvalue weighted by Gasteiger charge is 2.23. The molecule has 2 heterocycles. The molecule has 1 aromatic heterocycles. The average molecular weight is 343 g/mol. The summed E-state index contributed by atoms with van der Waals surface area (Å²) in [6.07, 6.45) is 4.46. The second kappa shape index (κ2) is 7.91. The van der Waals surface area contributed by atoms with Crippen LogP contribution in [0.3, 0.4) is 0 Å². The van der Waals surface area contributed by atoms with Crippen molar-refractivity contribution in [2.24, 2.45) is 0 Å². The Kier molecular flexibility index (Phi) is 5.63. The Bertz CT molecular complexity index is 723. The van der Waals surface area contributed by atoms with E-state index in [0.717, 1.165) is 36.2 Å². The molecular formula is C20H29N3O2. The van der Waals surface area contributed by atoms with Crippen LogP contribution in [0.15, 0.2) is 30.5 Å². The van der Waals surface area contributed by atoms with E-state index in [1.54, 1.807) is 0 Å². The zero-order valence-corrected chi connectivity index (χ0v) is 15.5. The summed E-state index contributed by atoms with van der Waals surface area (Å²) in [7, 11) is 0. The van der Waals surface area contributed by atoms with Crippen LogP contribution in [-0.2, 0) is 4.79 Å². The molecule has 0 unspecified atom stereocenters. The van der Waals surface area contributed by atoms with E-state index in [9.17, 15) is 4.79 Å². The van der Waals surface area contributed by atoms with Crippen molar-refractivity contribution in [1.82, 2.24) is 14.8 Å². The van der Waals surface area contributed by atoms with Gasteiger partial charge < -0.3 is 14.6 Å². The minimum atomic E-state index is -0.0525. The lowest BCUT2D eigenvalue weighted by molar-refractivity contribution is -0.123. The molecule has 1 aliphatic heterocycles. The number of rotatable bonds is 7. The quantitative estimate of drug-likeness (QED) is 0.840. The molecule has 5 heteroatoms. The first-order valence-electron chi connectivity index (χ1n) is 9.33. The number of fused-ring (bicyclic) bond motifs is 1. The molecule has 0 spiro atoms. The number of likely N-dealkylation sites (tertiary alicyclic amines) is 1. The van der Waals surface area contributed by atoms with Gasteiger partial charge in [-0.2, -0.15) is 0 Å². The summed E-state index contributed by atoms with van der Waals surface area (Å²) in [6.45, 7) is 9.45. The van der Waals surface area contributed by atoms with Gasteiger partial charge in [0.15, 0.2) is 6.61 Å². The minimum absolute atomic E-state index is 0.0525. The Morgan fingerprint density at radius 2 is 2.20 bits per heavy atom. The van der Waals surface area contributed by atoms with Gasteiger partial charge in [0.25, 0.3) is 5.91 Å². The first-order valence-corrected chi connectivity index (χ1v) is 9.33. The predicted molar refractivity (Wildman–Crippen MR) is 101 cm³/mol. The van der Waals surface area contributed by atoms with E-state index in [-0.39, 0.29) is 12.5 Å². The van der Waals surface area contributed by atoms with Crippen LogP contribution < -0.4 is 10.1 Å². The lowest BCUT2D eigenvalue weighted by Gasteiger charge is -2.22. The van der Waals surface area contributed by atoms with Crippen molar-refractivity contribution in [3.63, 3.8) is 0 Å². The van der Waals surface area contributed by atoms with Crippen molar-refractivity contribution in [3.05, 3.63) is 30.5 Å². The average Bonchev–Trinajstić information content (AvgIpc) is 3.24. The molecular weight excluding hydrogens is 314 g/mol. The molecule has 1 saturated heterocycles. The summed E-state index contributed by atoms with van der Waals surface area (Å²) >= 11 is 0. The third kappa shape index (κ3) is 3.98. The predicted octanol–water partition coefficient (Wildman–Crippen LogP) is 3.20. The van der Waals surface area contributed by atoms with E-state index in [2.05, 4.69) is 53.9 Å². The number of aromatic nitrogens is 1.